The Labute approximate surface area is 140 Å². The summed E-state index contributed by atoms with van der Waals surface area (Å²) in [6.45, 7) is 5.73. The third-order valence-electron chi connectivity index (χ3n) is 5.01. The Balaban J connectivity index is 1.89. The second-order valence-electron chi connectivity index (χ2n) is 6.93. The van der Waals surface area contributed by atoms with Crippen molar-refractivity contribution in [2.24, 2.45) is 5.92 Å². The standard InChI is InChI=1S/C18H22O6/c1-9(2)10-3-4-13-17(21)16(24-18(13)22)8-12-7-14(20)15(23-12)6-11(19)5-10/h4,10,12,15-17,21H,1,3,5-8H2,2H3/b13-4+/t10-,12+,15+,16+,17+/m0/s1. The van der Waals surface area contributed by atoms with Crippen LogP contribution >= 0.6 is 0 Å². The molecular weight excluding hydrogens is 312 g/mol. The van der Waals surface area contributed by atoms with E-state index in [2.05, 4.69) is 6.58 Å². The molecule has 0 radical (unpaired) electrons. The summed E-state index contributed by atoms with van der Waals surface area (Å²) in [5.41, 5.74) is 1.04. The van der Waals surface area contributed by atoms with Crippen LogP contribution in [-0.4, -0.2) is 47.1 Å². The van der Waals surface area contributed by atoms with E-state index in [1.165, 1.54) is 0 Å². The van der Waals surface area contributed by atoms with Crippen LogP contribution in [0, 0.1) is 5.92 Å². The fourth-order valence-corrected chi connectivity index (χ4v) is 3.54. The zero-order chi connectivity index (χ0) is 17.4. The highest BCUT2D eigenvalue weighted by atomic mass is 16.6. The minimum atomic E-state index is -1.03. The van der Waals surface area contributed by atoms with Gasteiger partial charge >= 0.3 is 5.97 Å². The Bertz CT molecular complexity index is 619. The average Bonchev–Trinajstić information content (AvgIpc) is 2.96. The smallest absolute Gasteiger partial charge is 0.336 e. The number of aliphatic hydroxyl groups excluding tert-OH is 1. The molecule has 0 aromatic rings. The van der Waals surface area contributed by atoms with Crippen molar-refractivity contribution in [2.45, 2.75) is 63.4 Å². The highest BCUT2D eigenvalue weighted by Crippen LogP contribution is 2.32. The third kappa shape index (κ3) is 3.35. The molecule has 24 heavy (non-hydrogen) atoms. The number of rotatable bonds is 1. The van der Waals surface area contributed by atoms with Gasteiger partial charge in [-0.25, -0.2) is 4.79 Å². The normalized spacial score (nSPS) is 39.3. The summed E-state index contributed by atoms with van der Waals surface area (Å²) in [7, 11) is 0. The predicted octanol–water partition coefficient (Wildman–Crippen LogP) is 1.26. The second-order valence-corrected chi connectivity index (χ2v) is 6.93. The number of hydrogen-bond acceptors (Lipinski definition) is 6. The number of allylic oxidation sites excluding steroid dienone is 2. The van der Waals surface area contributed by atoms with Crippen molar-refractivity contribution in [3.63, 3.8) is 0 Å². The number of ketones is 2. The predicted molar refractivity (Wildman–Crippen MR) is 84.0 cm³/mol. The van der Waals surface area contributed by atoms with Crippen molar-refractivity contribution in [1.82, 2.24) is 0 Å². The van der Waals surface area contributed by atoms with Crippen LogP contribution < -0.4 is 0 Å². The fraction of sp³-hybridized carbons (Fsp3) is 0.611. The Morgan fingerprint density at radius 1 is 1.25 bits per heavy atom. The first kappa shape index (κ1) is 17.0. The zero-order valence-electron chi connectivity index (χ0n) is 13.7. The van der Waals surface area contributed by atoms with Crippen LogP contribution in [0.5, 0.6) is 0 Å². The molecule has 3 aliphatic heterocycles. The van der Waals surface area contributed by atoms with Gasteiger partial charge in [-0.05, 0) is 19.3 Å². The van der Waals surface area contributed by atoms with Crippen molar-refractivity contribution in [3.8, 4) is 0 Å². The summed E-state index contributed by atoms with van der Waals surface area (Å²) < 4.78 is 10.9. The van der Waals surface area contributed by atoms with Gasteiger partial charge in [0.1, 0.15) is 24.1 Å². The van der Waals surface area contributed by atoms with Crippen molar-refractivity contribution in [3.05, 3.63) is 23.8 Å². The van der Waals surface area contributed by atoms with E-state index in [9.17, 15) is 19.5 Å². The van der Waals surface area contributed by atoms with Crippen molar-refractivity contribution in [2.75, 3.05) is 0 Å². The molecule has 0 saturated carbocycles. The molecule has 130 valence electrons. The molecular formula is C18H22O6. The van der Waals surface area contributed by atoms with E-state index in [1.54, 1.807) is 6.08 Å². The van der Waals surface area contributed by atoms with E-state index in [-0.39, 0.29) is 48.7 Å². The number of esters is 1. The first-order valence-corrected chi connectivity index (χ1v) is 8.29. The quantitative estimate of drug-likeness (QED) is 0.573. The van der Waals surface area contributed by atoms with Gasteiger partial charge in [-0.1, -0.05) is 18.2 Å². The molecule has 2 saturated heterocycles. The minimum absolute atomic E-state index is 0.0482. The number of aliphatic hydroxyl groups is 1. The molecule has 6 heteroatoms. The monoisotopic (exact) mass is 334 g/mol. The number of hydrogen-bond donors (Lipinski definition) is 1. The zero-order valence-corrected chi connectivity index (χ0v) is 13.7. The lowest BCUT2D eigenvalue weighted by atomic mass is 9.89. The Morgan fingerprint density at radius 2 is 2.00 bits per heavy atom. The lowest BCUT2D eigenvalue weighted by molar-refractivity contribution is -0.141. The minimum Gasteiger partial charge on any atom is -0.456 e. The van der Waals surface area contributed by atoms with Crippen LogP contribution in [0.25, 0.3) is 0 Å². The first-order valence-electron chi connectivity index (χ1n) is 8.29. The summed E-state index contributed by atoms with van der Waals surface area (Å²) in [6, 6.07) is 0. The highest BCUT2D eigenvalue weighted by Gasteiger charge is 2.43. The maximum Gasteiger partial charge on any atom is 0.336 e. The van der Waals surface area contributed by atoms with Gasteiger partial charge in [0, 0.05) is 25.7 Å². The van der Waals surface area contributed by atoms with Gasteiger partial charge < -0.3 is 14.6 Å². The number of fused-ring (bicyclic) bond motifs is 4. The number of ether oxygens (including phenoxy) is 2. The maximum atomic E-state index is 12.3. The average molecular weight is 334 g/mol. The molecule has 3 aliphatic rings. The molecule has 0 unspecified atom stereocenters. The van der Waals surface area contributed by atoms with E-state index in [1.807, 2.05) is 6.92 Å². The van der Waals surface area contributed by atoms with E-state index in [0.717, 1.165) is 5.57 Å². The molecule has 3 heterocycles. The second kappa shape index (κ2) is 6.61. The van der Waals surface area contributed by atoms with Gasteiger partial charge in [0.2, 0.25) is 0 Å². The van der Waals surface area contributed by atoms with Crippen LogP contribution in [0.1, 0.15) is 39.0 Å². The first-order chi connectivity index (χ1) is 11.3. The molecule has 5 atom stereocenters. The van der Waals surface area contributed by atoms with E-state index in [4.69, 9.17) is 9.47 Å². The van der Waals surface area contributed by atoms with Gasteiger partial charge in [0.15, 0.2) is 5.78 Å². The van der Waals surface area contributed by atoms with E-state index in [0.29, 0.717) is 6.42 Å². The van der Waals surface area contributed by atoms with Crippen molar-refractivity contribution < 1.29 is 29.0 Å². The van der Waals surface area contributed by atoms with Gasteiger partial charge in [-0.3, -0.25) is 9.59 Å². The summed E-state index contributed by atoms with van der Waals surface area (Å²) >= 11 is 0. The summed E-state index contributed by atoms with van der Waals surface area (Å²) in [4.78, 5) is 36.3. The topological polar surface area (TPSA) is 89.9 Å². The lowest BCUT2D eigenvalue weighted by Gasteiger charge is -2.17. The molecule has 4 bridgehead atoms. The molecule has 0 aliphatic carbocycles. The number of carbonyl (C=O) groups excluding carboxylic acids is 3. The van der Waals surface area contributed by atoms with Gasteiger partial charge in [0.25, 0.3) is 0 Å². The summed E-state index contributed by atoms with van der Waals surface area (Å²) in [6.07, 6.45) is -0.0616. The molecule has 0 aromatic heterocycles. The van der Waals surface area contributed by atoms with E-state index < -0.39 is 30.4 Å². The van der Waals surface area contributed by atoms with Gasteiger partial charge in [-0.15, -0.1) is 0 Å². The van der Waals surface area contributed by atoms with Gasteiger partial charge in [-0.2, -0.15) is 0 Å². The lowest BCUT2D eigenvalue weighted by Crippen LogP contribution is -2.27. The van der Waals surface area contributed by atoms with E-state index >= 15 is 0 Å². The van der Waals surface area contributed by atoms with Gasteiger partial charge in [0.05, 0.1) is 11.7 Å². The molecule has 2 fully saturated rings. The number of carbonyl (C=O) groups is 3. The third-order valence-corrected chi connectivity index (χ3v) is 5.01. The SMILES string of the molecule is C=C(C)[C@H]1C/C=C2/C(=O)O[C@H](C[C@H]3CC(=O)[C@@H](CC(=O)C1)O3)[C@@H]2O. The molecule has 3 rings (SSSR count). The Hall–Kier alpha value is -1.79. The Morgan fingerprint density at radius 3 is 2.71 bits per heavy atom. The van der Waals surface area contributed by atoms with Crippen LogP contribution in [0.2, 0.25) is 0 Å². The maximum absolute atomic E-state index is 12.3. The number of Topliss-reactive ketones (excluding diaryl/α,β-unsaturated/α-hetero) is 2. The van der Waals surface area contributed by atoms with Crippen LogP contribution in [-0.2, 0) is 23.9 Å². The van der Waals surface area contributed by atoms with Crippen LogP contribution in [0.4, 0.5) is 0 Å². The fourth-order valence-electron chi connectivity index (χ4n) is 3.54. The molecule has 0 amide bonds. The largest absolute Gasteiger partial charge is 0.456 e. The van der Waals surface area contributed by atoms with Crippen molar-refractivity contribution >= 4 is 17.5 Å². The Kier molecular flexibility index (Phi) is 4.69. The summed E-state index contributed by atoms with van der Waals surface area (Å²) in [5.74, 6) is -0.839. The highest BCUT2D eigenvalue weighted by molar-refractivity contribution is 5.93. The molecule has 1 N–H and O–H groups in total. The van der Waals surface area contributed by atoms with Crippen LogP contribution in [0.3, 0.4) is 0 Å². The summed E-state index contributed by atoms with van der Waals surface area (Å²) in [5, 5.41) is 10.4. The molecule has 0 spiro atoms. The van der Waals surface area contributed by atoms with Crippen LogP contribution in [0.15, 0.2) is 23.8 Å². The molecule has 0 aromatic carbocycles. The van der Waals surface area contributed by atoms with Crippen molar-refractivity contribution in [1.29, 1.82) is 0 Å². The molecule has 6 nitrogen and oxygen atoms in total.